The Bertz CT molecular complexity index is 1800. The predicted octanol–water partition coefficient (Wildman–Crippen LogP) is 6.44. The van der Waals surface area contributed by atoms with E-state index < -0.39 is 7.14 Å². The van der Waals surface area contributed by atoms with Crippen LogP contribution in [-0.2, 0) is 11.6 Å². The van der Waals surface area contributed by atoms with Gasteiger partial charge in [-0.2, -0.15) is 10.1 Å². The summed E-state index contributed by atoms with van der Waals surface area (Å²) >= 11 is 3.58. The number of guanidine groups is 1. The molecule has 11 nitrogen and oxygen atoms in total. The number of methoxy groups -OCH3 is 1. The number of nitrogens with zero attached hydrogens (tertiary/aromatic N) is 7. The van der Waals surface area contributed by atoms with E-state index in [9.17, 15) is 4.57 Å². The lowest BCUT2D eigenvalue weighted by Crippen LogP contribution is -2.30. The lowest BCUT2D eigenvalue weighted by atomic mass is 10.0. The zero-order chi connectivity index (χ0) is 31.4. The first-order chi connectivity index (χ1) is 21.1. The van der Waals surface area contributed by atoms with Gasteiger partial charge in [0, 0.05) is 66.1 Å². The second-order valence-corrected chi connectivity index (χ2v) is 15.3. The number of anilines is 3. The van der Waals surface area contributed by atoms with E-state index in [4.69, 9.17) is 9.73 Å². The van der Waals surface area contributed by atoms with Crippen LogP contribution < -0.4 is 25.6 Å². The maximum atomic E-state index is 13.4. The molecule has 1 fully saturated rings. The van der Waals surface area contributed by atoms with Crippen LogP contribution in [0.4, 0.5) is 17.1 Å². The Morgan fingerprint density at radius 3 is 2.48 bits per heavy atom. The fourth-order valence-corrected chi connectivity index (χ4v) is 6.92. The Labute approximate surface area is 266 Å². The third kappa shape index (κ3) is 6.87. The maximum Gasteiger partial charge on any atom is 0.228 e. The van der Waals surface area contributed by atoms with Crippen LogP contribution in [0, 0.1) is 0 Å². The van der Waals surface area contributed by atoms with Crippen LogP contribution in [-0.4, -0.2) is 66.0 Å². The average molecular weight is 679 g/mol. The van der Waals surface area contributed by atoms with Crippen LogP contribution in [0.2, 0.25) is 0 Å². The molecule has 0 amide bonds. The largest absolute Gasteiger partial charge is 0.494 e. The van der Waals surface area contributed by atoms with E-state index in [1.54, 1.807) is 37.5 Å². The molecular weight excluding hydrogens is 641 g/mol. The molecule has 1 aliphatic heterocycles. The van der Waals surface area contributed by atoms with Crippen molar-refractivity contribution in [2.75, 3.05) is 49.1 Å². The van der Waals surface area contributed by atoms with E-state index >= 15 is 0 Å². The summed E-state index contributed by atoms with van der Waals surface area (Å²) < 4.78 is 21.8. The number of allylic oxidation sites excluding steroid dienone is 1. The number of piperidine rings is 1. The highest BCUT2D eigenvalue weighted by Crippen LogP contribution is 2.42. The van der Waals surface area contributed by atoms with Crippen molar-refractivity contribution in [3.8, 4) is 16.9 Å². The number of hydrogen-bond acceptors (Lipinski definition) is 8. The smallest absolute Gasteiger partial charge is 0.228 e. The minimum Gasteiger partial charge on any atom is -0.494 e. The third-order valence-electron chi connectivity index (χ3n) is 7.38. The number of nitrogens with one attached hydrogen (secondary N) is 2. The van der Waals surface area contributed by atoms with Gasteiger partial charge in [-0.25, -0.2) is 4.99 Å². The lowest BCUT2D eigenvalue weighted by Gasteiger charge is -2.31. The van der Waals surface area contributed by atoms with Gasteiger partial charge in [-0.1, -0.05) is 15.9 Å². The van der Waals surface area contributed by atoms with Crippen LogP contribution in [0.3, 0.4) is 0 Å². The van der Waals surface area contributed by atoms with Crippen molar-refractivity contribution in [3.05, 3.63) is 59.4 Å². The van der Waals surface area contributed by atoms with Crippen molar-refractivity contribution >= 4 is 69.1 Å². The van der Waals surface area contributed by atoms with E-state index in [1.165, 1.54) is 6.42 Å². The molecule has 3 heterocycles. The molecule has 2 aromatic carbocycles. The van der Waals surface area contributed by atoms with E-state index in [0.717, 1.165) is 42.7 Å². The molecular formula is C31H37BrN9O2P. The fourth-order valence-electron chi connectivity index (χ4n) is 5.34. The van der Waals surface area contributed by atoms with Crippen LogP contribution in [0.15, 0.2) is 69.3 Å². The van der Waals surface area contributed by atoms with Gasteiger partial charge in [-0.3, -0.25) is 14.6 Å². The van der Waals surface area contributed by atoms with E-state index in [1.807, 2.05) is 44.6 Å². The Kier molecular flexibility index (Phi) is 9.51. The number of aryl methyl sites for hydroxylation is 1. The first-order valence-electron chi connectivity index (χ1n) is 14.3. The zero-order valence-corrected chi connectivity index (χ0v) is 28.1. The highest BCUT2D eigenvalue weighted by molar-refractivity contribution is 9.11. The summed E-state index contributed by atoms with van der Waals surface area (Å²) in [6.45, 7) is 11.0. The number of hydrogen-bond donors (Lipinski definition) is 2. The van der Waals surface area contributed by atoms with Gasteiger partial charge in [0.15, 0.2) is 0 Å². The number of rotatable bonds is 8. The van der Waals surface area contributed by atoms with Gasteiger partial charge in [0.05, 0.1) is 35.5 Å². The Morgan fingerprint density at radius 1 is 1.09 bits per heavy atom. The molecule has 1 saturated heterocycles. The van der Waals surface area contributed by atoms with Gasteiger partial charge in [-0.15, -0.1) is 0 Å². The molecule has 2 aromatic heterocycles. The molecule has 0 unspecified atom stereocenters. The van der Waals surface area contributed by atoms with Crippen molar-refractivity contribution < 1.29 is 9.30 Å². The number of halogens is 1. The topological polar surface area (TPSA) is 122 Å². The SMILES string of the molecule is C=N/C(=N\C(Nc1ccc2nccnc2c1P(C)(C)=O)=C(/C)Br)Nc1cc(-c2cnn(C)c2)c(N2CCCCC2)cc1OC. The molecule has 2 N–H and O–H groups in total. The van der Waals surface area contributed by atoms with Crippen molar-refractivity contribution in [1.29, 1.82) is 0 Å². The first-order valence-corrected chi connectivity index (χ1v) is 17.7. The molecule has 0 radical (unpaired) electrons. The molecule has 1 aliphatic rings. The van der Waals surface area contributed by atoms with E-state index in [0.29, 0.717) is 43.8 Å². The summed E-state index contributed by atoms with van der Waals surface area (Å²) in [6, 6.07) is 7.79. The molecule has 0 spiro atoms. The molecule has 0 atom stereocenters. The molecule has 0 saturated carbocycles. The summed E-state index contributed by atoms with van der Waals surface area (Å²) in [5, 5.41) is 11.7. The molecule has 5 rings (SSSR count). The monoisotopic (exact) mass is 677 g/mol. The maximum absolute atomic E-state index is 13.4. The van der Waals surface area contributed by atoms with Gasteiger partial charge >= 0.3 is 0 Å². The quantitative estimate of drug-likeness (QED) is 0.124. The van der Waals surface area contributed by atoms with Crippen LogP contribution in [0.5, 0.6) is 5.75 Å². The lowest BCUT2D eigenvalue weighted by molar-refractivity contribution is 0.416. The Hall–Kier alpha value is -4.02. The third-order valence-corrected chi connectivity index (χ3v) is 9.28. The number of aromatic nitrogens is 4. The summed E-state index contributed by atoms with van der Waals surface area (Å²) in [6.07, 6.45) is 10.6. The molecule has 13 heteroatoms. The van der Waals surface area contributed by atoms with Crippen LogP contribution >= 0.6 is 23.1 Å². The zero-order valence-electron chi connectivity index (χ0n) is 25.6. The van der Waals surface area contributed by atoms with Gasteiger partial charge in [0.2, 0.25) is 5.96 Å². The average Bonchev–Trinajstić information content (AvgIpc) is 3.45. The van der Waals surface area contributed by atoms with Crippen LogP contribution in [0.25, 0.3) is 22.2 Å². The van der Waals surface area contributed by atoms with Crippen molar-refractivity contribution in [2.45, 2.75) is 26.2 Å². The van der Waals surface area contributed by atoms with Gasteiger partial charge in [-0.05, 0) is 64.4 Å². The van der Waals surface area contributed by atoms with Crippen molar-refractivity contribution in [2.24, 2.45) is 17.0 Å². The van der Waals surface area contributed by atoms with Crippen molar-refractivity contribution in [3.63, 3.8) is 0 Å². The molecule has 0 bridgehead atoms. The number of fused-ring (bicyclic) bond motifs is 1. The summed E-state index contributed by atoms with van der Waals surface area (Å²) in [7, 11) is 0.783. The summed E-state index contributed by atoms with van der Waals surface area (Å²) in [5.74, 6) is 1.34. The minimum absolute atomic E-state index is 0.241. The standard InChI is InChI=1S/C31H37BrN9O2P/c1-20(32)30(37-24-11-10-23-28(35-13-12-34-23)29(24)44(5,6)42)39-31(33-2)38-25-16-22(21-18-36-40(3)19-21)26(17-27(25)43-4)41-14-8-7-9-15-41/h10-13,16-19,37H,2,7-9,14-15H2,1,3-6H3,(H,38,39)/b30-20+. The van der Waals surface area contributed by atoms with Crippen molar-refractivity contribution in [1.82, 2.24) is 19.7 Å². The number of ether oxygens (including phenoxy) is 1. The number of aliphatic imine (C=N–C) groups is 2. The number of benzene rings is 2. The predicted molar refractivity (Wildman–Crippen MR) is 186 cm³/mol. The van der Waals surface area contributed by atoms with E-state index in [-0.39, 0.29) is 5.96 Å². The Morgan fingerprint density at radius 2 is 1.84 bits per heavy atom. The normalized spacial score (nSPS) is 14.8. The molecule has 44 heavy (non-hydrogen) atoms. The minimum atomic E-state index is -2.77. The van der Waals surface area contributed by atoms with E-state index in [2.05, 4.69) is 64.3 Å². The molecule has 230 valence electrons. The Balaban J connectivity index is 1.54. The summed E-state index contributed by atoms with van der Waals surface area (Å²) in [4.78, 5) is 20.2. The second-order valence-electron chi connectivity index (χ2n) is 11.0. The van der Waals surface area contributed by atoms with Crippen LogP contribution in [0.1, 0.15) is 26.2 Å². The first kappa shape index (κ1) is 31.4. The van der Waals surface area contributed by atoms with Gasteiger partial charge in [0.25, 0.3) is 0 Å². The molecule has 4 aromatic rings. The highest BCUT2D eigenvalue weighted by Gasteiger charge is 2.23. The van der Waals surface area contributed by atoms with Gasteiger partial charge < -0.3 is 24.8 Å². The second kappa shape index (κ2) is 13.3. The highest BCUT2D eigenvalue weighted by atomic mass is 79.9. The summed E-state index contributed by atoms with van der Waals surface area (Å²) in [5.41, 5.74) is 5.68. The van der Waals surface area contributed by atoms with Gasteiger partial charge in [0.1, 0.15) is 24.2 Å². The fraction of sp³-hybridized carbons (Fsp3) is 0.323. The molecule has 0 aliphatic carbocycles.